The lowest BCUT2D eigenvalue weighted by atomic mass is 9.67. The molecule has 2 rings (SSSR count). The fourth-order valence-electron chi connectivity index (χ4n) is 2.43. The largest absolute Gasteiger partial charge is 0.270 e. The van der Waals surface area contributed by atoms with Crippen LogP contribution >= 0.6 is 15.9 Å². The monoisotopic (exact) mass is 270 g/mol. The molecule has 1 aromatic heterocycles. The van der Waals surface area contributed by atoms with Crippen LogP contribution in [0, 0.1) is 12.3 Å². The molecule has 0 N–H and O–H groups in total. The van der Waals surface area contributed by atoms with Crippen LogP contribution in [0.3, 0.4) is 0 Å². The van der Waals surface area contributed by atoms with Crippen LogP contribution in [-0.2, 0) is 13.0 Å². The number of aryl methyl sites for hydroxylation is 2. The van der Waals surface area contributed by atoms with Crippen molar-refractivity contribution >= 4 is 15.9 Å². The van der Waals surface area contributed by atoms with Crippen LogP contribution in [0.4, 0.5) is 0 Å². The first kappa shape index (κ1) is 11.2. The number of alkyl halides is 1. The summed E-state index contributed by atoms with van der Waals surface area (Å²) in [6, 6.07) is 2.24. The number of halogens is 1. The van der Waals surface area contributed by atoms with Crippen molar-refractivity contribution in [2.45, 2.75) is 46.1 Å². The number of rotatable bonds is 4. The molecule has 3 heteroatoms. The molecule has 0 unspecified atom stereocenters. The zero-order valence-electron chi connectivity index (χ0n) is 9.59. The summed E-state index contributed by atoms with van der Waals surface area (Å²) in [5, 5.41) is 5.64. The average molecular weight is 271 g/mol. The van der Waals surface area contributed by atoms with E-state index in [1.54, 1.807) is 0 Å². The zero-order valence-corrected chi connectivity index (χ0v) is 11.2. The lowest BCUT2D eigenvalue weighted by Gasteiger charge is -2.40. The number of aromatic nitrogens is 2. The molecule has 1 heterocycles. The van der Waals surface area contributed by atoms with Gasteiger partial charge in [0.25, 0.3) is 0 Å². The Balaban J connectivity index is 2.15. The maximum atomic E-state index is 4.51. The van der Waals surface area contributed by atoms with Gasteiger partial charge < -0.3 is 0 Å². The van der Waals surface area contributed by atoms with Crippen LogP contribution in [0.2, 0.25) is 0 Å². The summed E-state index contributed by atoms with van der Waals surface area (Å²) in [4.78, 5) is 0. The molecule has 0 amide bonds. The van der Waals surface area contributed by atoms with E-state index >= 15 is 0 Å². The molecule has 1 aliphatic carbocycles. The van der Waals surface area contributed by atoms with Crippen molar-refractivity contribution in [1.82, 2.24) is 9.78 Å². The van der Waals surface area contributed by atoms with E-state index in [-0.39, 0.29) is 0 Å². The second-order valence-electron chi connectivity index (χ2n) is 4.76. The highest BCUT2D eigenvalue weighted by Crippen LogP contribution is 2.45. The Hall–Kier alpha value is -0.310. The van der Waals surface area contributed by atoms with Gasteiger partial charge in [0.1, 0.15) is 0 Å². The molecular weight excluding hydrogens is 252 g/mol. The molecule has 2 nitrogen and oxygen atoms in total. The zero-order chi connectivity index (χ0) is 10.9. The maximum Gasteiger partial charge on any atom is 0.0596 e. The molecule has 1 aromatic rings. The lowest BCUT2D eigenvalue weighted by Crippen LogP contribution is -2.34. The summed E-state index contributed by atoms with van der Waals surface area (Å²) in [6.07, 6.45) is 5.32. The van der Waals surface area contributed by atoms with Crippen molar-refractivity contribution < 1.29 is 0 Å². The summed E-state index contributed by atoms with van der Waals surface area (Å²) < 4.78 is 2.15. The first-order valence-corrected chi connectivity index (χ1v) is 6.90. The normalized spacial score (nSPS) is 18.9. The predicted molar refractivity (Wildman–Crippen MR) is 66.4 cm³/mol. The second kappa shape index (κ2) is 4.28. The molecule has 0 atom stereocenters. The van der Waals surface area contributed by atoms with Gasteiger partial charge in [0, 0.05) is 17.6 Å². The smallest absolute Gasteiger partial charge is 0.0596 e. The third-order valence-electron chi connectivity index (χ3n) is 3.54. The number of nitrogens with zero attached hydrogens (tertiary/aromatic N) is 2. The highest BCUT2D eigenvalue weighted by atomic mass is 79.9. The van der Waals surface area contributed by atoms with Crippen molar-refractivity contribution in [1.29, 1.82) is 0 Å². The summed E-state index contributed by atoms with van der Waals surface area (Å²) in [6.45, 7) is 5.23. The van der Waals surface area contributed by atoms with Gasteiger partial charge in [0.2, 0.25) is 0 Å². The first-order chi connectivity index (χ1) is 7.19. The Bertz CT molecular complexity index is 334. The van der Waals surface area contributed by atoms with Crippen LogP contribution in [0.25, 0.3) is 0 Å². The van der Waals surface area contributed by atoms with E-state index in [0.29, 0.717) is 5.41 Å². The minimum atomic E-state index is 0.527. The van der Waals surface area contributed by atoms with Crippen LogP contribution < -0.4 is 0 Å². The van der Waals surface area contributed by atoms with Crippen molar-refractivity contribution in [3.05, 3.63) is 17.5 Å². The van der Waals surface area contributed by atoms with E-state index in [0.717, 1.165) is 17.6 Å². The molecule has 1 saturated carbocycles. The SMILES string of the molecule is CCn1nc(C)cc1CC1(CBr)CCC1. The van der Waals surface area contributed by atoms with E-state index in [2.05, 4.69) is 45.6 Å². The van der Waals surface area contributed by atoms with Gasteiger partial charge in [0.05, 0.1) is 5.69 Å². The number of hydrogen-bond acceptors (Lipinski definition) is 1. The van der Waals surface area contributed by atoms with Crippen LogP contribution in [0.1, 0.15) is 37.6 Å². The molecule has 0 spiro atoms. The summed E-state index contributed by atoms with van der Waals surface area (Å²) in [5.74, 6) is 0. The van der Waals surface area contributed by atoms with Gasteiger partial charge in [-0.3, -0.25) is 4.68 Å². The van der Waals surface area contributed by atoms with Crippen molar-refractivity contribution in [3.8, 4) is 0 Å². The fourth-order valence-corrected chi connectivity index (χ4v) is 3.19. The molecule has 0 aliphatic heterocycles. The predicted octanol–water partition coefficient (Wildman–Crippen LogP) is 3.32. The highest BCUT2D eigenvalue weighted by Gasteiger charge is 2.36. The molecule has 15 heavy (non-hydrogen) atoms. The Morgan fingerprint density at radius 1 is 1.53 bits per heavy atom. The summed E-state index contributed by atoms with van der Waals surface area (Å²) in [5.41, 5.74) is 3.09. The van der Waals surface area contributed by atoms with Gasteiger partial charge in [-0.25, -0.2) is 0 Å². The van der Waals surface area contributed by atoms with Crippen LogP contribution in [0.15, 0.2) is 6.07 Å². The van der Waals surface area contributed by atoms with Crippen LogP contribution in [-0.4, -0.2) is 15.1 Å². The van der Waals surface area contributed by atoms with Crippen LogP contribution in [0.5, 0.6) is 0 Å². The van der Waals surface area contributed by atoms with Gasteiger partial charge >= 0.3 is 0 Å². The van der Waals surface area contributed by atoms with Gasteiger partial charge in [-0.1, -0.05) is 22.4 Å². The summed E-state index contributed by atoms with van der Waals surface area (Å²) in [7, 11) is 0. The van der Waals surface area contributed by atoms with Crippen molar-refractivity contribution in [2.24, 2.45) is 5.41 Å². The maximum absolute atomic E-state index is 4.51. The van der Waals surface area contributed by atoms with Gasteiger partial charge in [-0.15, -0.1) is 0 Å². The molecule has 0 aromatic carbocycles. The summed E-state index contributed by atoms with van der Waals surface area (Å²) >= 11 is 3.66. The minimum absolute atomic E-state index is 0.527. The molecule has 0 radical (unpaired) electrons. The first-order valence-electron chi connectivity index (χ1n) is 5.78. The third-order valence-corrected chi connectivity index (χ3v) is 4.73. The van der Waals surface area contributed by atoms with E-state index < -0.39 is 0 Å². The molecular formula is C12H19BrN2. The Labute approximate surface area is 100 Å². The Morgan fingerprint density at radius 3 is 2.73 bits per heavy atom. The second-order valence-corrected chi connectivity index (χ2v) is 5.32. The molecule has 1 aliphatic rings. The van der Waals surface area contributed by atoms with Gasteiger partial charge in [0.15, 0.2) is 0 Å². The van der Waals surface area contributed by atoms with Gasteiger partial charge in [-0.05, 0) is 44.6 Å². The Morgan fingerprint density at radius 2 is 2.27 bits per heavy atom. The average Bonchev–Trinajstić information content (AvgIpc) is 2.52. The standard InChI is InChI=1S/C12H19BrN2/c1-3-15-11(7-10(2)14-15)8-12(9-13)5-4-6-12/h7H,3-6,8-9H2,1-2H3. The quantitative estimate of drug-likeness (QED) is 0.768. The van der Waals surface area contributed by atoms with E-state index in [1.165, 1.54) is 31.4 Å². The minimum Gasteiger partial charge on any atom is -0.270 e. The molecule has 0 saturated heterocycles. The molecule has 84 valence electrons. The lowest BCUT2D eigenvalue weighted by molar-refractivity contribution is 0.166. The van der Waals surface area contributed by atoms with E-state index in [4.69, 9.17) is 0 Å². The van der Waals surface area contributed by atoms with Crippen molar-refractivity contribution in [2.75, 3.05) is 5.33 Å². The van der Waals surface area contributed by atoms with E-state index in [9.17, 15) is 0 Å². The Kier molecular flexibility index (Phi) is 3.19. The topological polar surface area (TPSA) is 17.8 Å². The fraction of sp³-hybridized carbons (Fsp3) is 0.750. The number of hydrogen-bond donors (Lipinski definition) is 0. The van der Waals surface area contributed by atoms with E-state index in [1.807, 2.05) is 0 Å². The molecule has 1 fully saturated rings. The molecule has 0 bridgehead atoms. The highest BCUT2D eigenvalue weighted by molar-refractivity contribution is 9.09. The van der Waals surface area contributed by atoms with Crippen molar-refractivity contribution in [3.63, 3.8) is 0 Å². The van der Waals surface area contributed by atoms with Gasteiger partial charge in [-0.2, -0.15) is 5.10 Å². The third kappa shape index (κ3) is 2.12.